The van der Waals surface area contributed by atoms with Crippen LogP contribution in [0.5, 0.6) is 17.2 Å². The van der Waals surface area contributed by atoms with Crippen LogP contribution in [0.1, 0.15) is 17.3 Å². The molecule has 7 nitrogen and oxygen atoms in total. The second kappa shape index (κ2) is 6.72. The van der Waals surface area contributed by atoms with Gasteiger partial charge in [0.2, 0.25) is 0 Å². The molecule has 2 aromatic carbocycles. The first-order chi connectivity index (χ1) is 12.0. The molecule has 1 aliphatic rings. The van der Waals surface area contributed by atoms with Crippen LogP contribution in [0.2, 0.25) is 0 Å². The van der Waals surface area contributed by atoms with Crippen molar-refractivity contribution in [1.29, 1.82) is 0 Å². The molecule has 0 bridgehead atoms. The van der Waals surface area contributed by atoms with Crippen molar-refractivity contribution in [2.24, 2.45) is 0 Å². The highest BCUT2D eigenvalue weighted by Crippen LogP contribution is 2.32. The van der Waals surface area contributed by atoms with E-state index in [0.29, 0.717) is 34.2 Å². The topological polar surface area (TPSA) is 85.9 Å². The minimum atomic E-state index is -0.545. The van der Waals surface area contributed by atoms with E-state index in [1.165, 1.54) is 7.11 Å². The third kappa shape index (κ3) is 3.35. The van der Waals surface area contributed by atoms with Gasteiger partial charge in [0.15, 0.2) is 6.10 Å². The number of hydrogen-bond donors (Lipinski definition) is 2. The minimum Gasteiger partial charge on any atom is -0.497 e. The fourth-order valence-electron chi connectivity index (χ4n) is 2.47. The number of methoxy groups -OCH3 is 2. The summed E-state index contributed by atoms with van der Waals surface area (Å²) in [5, 5.41) is 5.52. The van der Waals surface area contributed by atoms with Gasteiger partial charge in [0.05, 0.1) is 25.5 Å². The molecule has 0 spiro atoms. The molecule has 0 fully saturated rings. The second-order valence-electron chi connectivity index (χ2n) is 5.48. The molecule has 1 heterocycles. The number of rotatable bonds is 4. The summed E-state index contributed by atoms with van der Waals surface area (Å²) in [7, 11) is 3.03. The number of hydrogen-bond acceptors (Lipinski definition) is 5. The van der Waals surface area contributed by atoms with Gasteiger partial charge in [-0.05, 0) is 37.3 Å². The van der Waals surface area contributed by atoms with Crippen molar-refractivity contribution in [3.63, 3.8) is 0 Å². The SMILES string of the molecule is COc1ccc(C(=O)Nc2ccc3c(c2)NC(=O)[C@H](C)O3)c(OC)c1. The van der Waals surface area contributed by atoms with Crippen molar-refractivity contribution < 1.29 is 23.8 Å². The number of ether oxygens (including phenoxy) is 3. The molecule has 130 valence electrons. The lowest BCUT2D eigenvalue weighted by Crippen LogP contribution is -2.34. The first-order valence-corrected chi connectivity index (χ1v) is 7.66. The van der Waals surface area contributed by atoms with Crippen LogP contribution < -0.4 is 24.8 Å². The minimum absolute atomic E-state index is 0.229. The van der Waals surface area contributed by atoms with E-state index in [-0.39, 0.29) is 11.8 Å². The Morgan fingerprint density at radius 1 is 1.16 bits per heavy atom. The molecule has 0 unspecified atom stereocenters. The largest absolute Gasteiger partial charge is 0.497 e. The number of benzene rings is 2. The third-order valence-corrected chi connectivity index (χ3v) is 3.82. The van der Waals surface area contributed by atoms with Crippen LogP contribution in [0.4, 0.5) is 11.4 Å². The van der Waals surface area contributed by atoms with Gasteiger partial charge in [-0.15, -0.1) is 0 Å². The molecule has 3 rings (SSSR count). The highest BCUT2D eigenvalue weighted by atomic mass is 16.5. The Bertz CT molecular complexity index is 834. The van der Waals surface area contributed by atoms with Crippen molar-refractivity contribution in [3.05, 3.63) is 42.0 Å². The normalized spacial score (nSPS) is 15.5. The average Bonchev–Trinajstić information content (AvgIpc) is 2.62. The molecule has 1 aliphatic heterocycles. The molecule has 0 aliphatic carbocycles. The van der Waals surface area contributed by atoms with Crippen LogP contribution >= 0.6 is 0 Å². The van der Waals surface area contributed by atoms with Gasteiger partial charge >= 0.3 is 0 Å². The van der Waals surface area contributed by atoms with Crippen LogP contribution in [0, 0.1) is 0 Å². The number of fused-ring (bicyclic) bond motifs is 1. The average molecular weight is 342 g/mol. The fourth-order valence-corrected chi connectivity index (χ4v) is 2.47. The lowest BCUT2D eigenvalue weighted by atomic mass is 10.1. The smallest absolute Gasteiger partial charge is 0.265 e. The van der Waals surface area contributed by atoms with E-state index in [0.717, 1.165) is 0 Å². The zero-order valence-corrected chi connectivity index (χ0v) is 14.1. The monoisotopic (exact) mass is 342 g/mol. The van der Waals surface area contributed by atoms with Crippen LogP contribution in [0.3, 0.4) is 0 Å². The van der Waals surface area contributed by atoms with E-state index in [2.05, 4.69) is 10.6 Å². The van der Waals surface area contributed by atoms with Crippen molar-refractivity contribution in [1.82, 2.24) is 0 Å². The Labute approximate surface area is 144 Å². The van der Waals surface area contributed by atoms with Gasteiger partial charge in [-0.1, -0.05) is 0 Å². The summed E-state index contributed by atoms with van der Waals surface area (Å²) in [5.74, 6) is 0.993. The van der Waals surface area contributed by atoms with Gasteiger partial charge in [-0.3, -0.25) is 9.59 Å². The molecule has 0 saturated heterocycles. The van der Waals surface area contributed by atoms with E-state index >= 15 is 0 Å². The van der Waals surface area contributed by atoms with E-state index < -0.39 is 6.10 Å². The van der Waals surface area contributed by atoms with Gasteiger partial charge < -0.3 is 24.8 Å². The number of amides is 2. The molecule has 1 atom stereocenters. The van der Waals surface area contributed by atoms with E-state index in [1.54, 1.807) is 50.4 Å². The lowest BCUT2D eigenvalue weighted by molar-refractivity contribution is -0.122. The molecule has 7 heteroatoms. The maximum Gasteiger partial charge on any atom is 0.265 e. The molecule has 0 saturated carbocycles. The molecule has 2 N–H and O–H groups in total. The van der Waals surface area contributed by atoms with Gasteiger partial charge in [0.1, 0.15) is 17.2 Å². The Hall–Kier alpha value is -3.22. The lowest BCUT2D eigenvalue weighted by Gasteiger charge is -2.23. The molecule has 2 amide bonds. The Kier molecular flexibility index (Phi) is 4.47. The molecular weight excluding hydrogens is 324 g/mol. The summed E-state index contributed by atoms with van der Waals surface area (Å²) in [6, 6.07) is 9.99. The van der Waals surface area contributed by atoms with Gasteiger partial charge in [0.25, 0.3) is 11.8 Å². The summed E-state index contributed by atoms with van der Waals surface area (Å²) in [4.78, 5) is 24.2. The summed E-state index contributed by atoms with van der Waals surface area (Å²) in [5.41, 5.74) is 1.41. The predicted octanol–water partition coefficient (Wildman–Crippen LogP) is 2.68. The second-order valence-corrected chi connectivity index (χ2v) is 5.48. The van der Waals surface area contributed by atoms with Crippen LogP contribution in [-0.2, 0) is 4.79 Å². The van der Waals surface area contributed by atoms with Crippen molar-refractivity contribution >= 4 is 23.2 Å². The van der Waals surface area contributed by atoms with Gasteiger partial charge in [0, 0.05) is 11.8 Å². The Morgan fingerprint density at radius 2 is 1.96 bits per heavy atom. The summed E-state index contributed by atoms with van der Waals surface area (Å²) in [6.45, 7) is 1.67. The van der Waals surface area contributed by atoms with E-state index in [9.17, 15) is 9.59 Å². The number of carbonyl (C=O) groups excluding carboxylic acids is 2. The van der Waals surface area contributed by atoms with E-state index in [1.807, 2.05) is 0 Å². The maximum atomic E-state index is 12.5. The molecule has 0 aromatic heterocycles. The standard InChI is InChI=1S/C18H18N2O5/c1-10-17(21)20-14-8-11(4-7-15(14)25-10)19-18(22)13-6-5-12(23-2)9-16(13)24-3/h4-10H,1-3H3,(H,19,22)(H,20,21)/t10-/m0/s1. The van der Waals surface area contributed by atoms with E-state index in [4.69, 9.17) is 14.2 Å². The maximum absolute atomic E-state index is 12.5. The zero-order valence-electron chi connectivity index (χ0n) is 14.1. The molecular formula is C18H18N2O5. The molecule has 2 aromatic rings. The summed E-state index contributed by atoms with van der Waals surface area (Å²) < 4.78 is 15.9. The highest BCUT2D eigenvalue weighted by molar-refractivity contribution is 6.07. The fraction of sp³-hybridized carbons (Fsp3) is 0.222. The number of nitrogens with one attached hydrogen (secondary N) is 2. The van der Waals surface area contributed by atoms with Crippen molar-refractivity contribution in [2.75, 3.05) is 24.9 Å². The van der Waals surface area contributed by atoms with Gasteiger partial charge in [-0.25, -0.2) is 0 Å². The van der Waals surface area contributed by atoms with Crippen LogP contribution in [-0.4, -0.2) is 32.1 Å². The zero-order chi connectivity index (χ0) is 18.0. The first-order valence-electron chi connectivity index (χ1n) is 7.66. The summed E-state index contributed by atoms with van der Waals surface area (Å²) in [6.07, 6.45) is -0.545. The van der Waals surface area contributed by atoms with Crippen molar-refractivity contribution in [3.8, 4) is 17.2 Å². The summed E-state index contributed by atoms with van der Waals surface area (Å²) >= 11 is 0. The molecule has 0 radical (unpaired) electrons. The highest BCUT2D eigenvalue weighted by Gasteiger charge is 2.24. The Morgan fingerprint density at radius 3 is 2.68 bits per heavy atom. The number of anilines is 2. The first kappa shape index (κ1) is 16.6. The molecule has 25 heavy (non-hydrogen) atoms. The quantitative estimate of drug-likeness (QED) is 0.892. The number of carbonyl (C=O) groups is 2. The predicted molar refractivity (Wildman–Crippen MR) is 92.7 cm³/mol. The third-order valence-electron chi connectivity index (χ3n) is 3.82. The van der Waals surface area contributed by atoms with Crippen LogP contribution in [0.15, 0.2) is 36.4 Å². The van der Waals surface area contributed by atoms with Crippen molar-refractivity contribution in [2.45, 2.75) is 13.0 Å². The Balaban J connectivity index is 1.82. The van der Waals surface area contributed by atoms with Gasteiger partial charge in [-0.2, -0.15) is 0 Å². The van der Waals surface area contributed by atoms with Crippen LogP contribution in [0.25, 0.3) is 0 Å².